The number of thiazole rings is 1. The highest BCUT2D eigenvalue weighted by molar-refractivity contribution is 7.18. The number of hydrogen-bond donors (Lipinski definition) is 1. The number of nitrogens with zero attached hydrogens (tertiary/aromatic N) is 2. The summed E-state index contributed by atoms with van der Waals surface area (Å²) in [5.74, 6) is 0.557. The Balaban J connectivity index is 1.78. The van der Waals surface area contributed by atoms with E-state index in [4.69, 9.17) is 4.74 Å². The fourth-order valence-electron chi connectivity index (χ4n) is 2.59. The summed E-state index contributed by atoms with van der Waals surface area (Å²) in [6.07, 6.45) is 2.04. The van der Waals surface area contributed by atoms with Crippen LogP contribution >= 0.6 is 11.3 Å². The topological polar surface area (TPSA) is 77.3 Å². The second kappa shape index (κ2) is 5.95. The zero-order chi connectivity index (χ0) is 14.8. The lowest BCUT2D eigenvalue weighted by atomic mass is 10.1. The van der Waals surface area contributed by atoms with Gasteiger partial charge in [-0.25, -0.2) is 4.98 Å². The Morgan fingerprint density at radius 3 is 3.14 bits per heavy atom. The van der Waals surface area contributed by atoms with E-state index in [9.17, 15) is 10.1 Å². The normalized spacial score (nSPS) is 18.2. The quantitative estimate of drug-likeness (QED) is 0.677. The van der Waals surface area contributed by atoms with Crippen LogP contribution in [0.1, 0.15) is 17.8 Å². The first kappa shape index (κ1) is 14.2. The molecule has 7 heteroatoms. The average molecular weight is 307 g/mol. The van der Waals surface area contributed by atoms with Gasteiger partial charge in [0.15, 0.2) is 0 Å². The minimum absolute atomic E-state index is 0.119. The second-order valence-electron chi connectivity index (χ2n) is 5.27. The minimum Gasteiger partial charge on any atom is -0.381 e. The van der Waals surface area contributed by atoms with Crippen molar-refractivity contribution in [3.63, 3.8) is 0 Å². The molecular formula is C14H17N3O3S. The minimum atomic E-state index is -0.338. The third kappa shape index (κ3) is 3.14. The highest BCUT2D eigenvalue weighted by atomic mass is 32.1. The maximum Gasteiger partial charge on any atom is 0.293 e. The smallest absolute Gasteiger partial charge is 0.293 e. The van der Waals surface area contributed by atoms with Gasteiger partial charge in [-0.05, 0) is 31.7 Å². The summed E-state index contributed by atoms with van der Waals surface area (Å²) >= 11 is 1.48. The molecule has 1 saturated heterocycles. The summed E-state index contributed by atoms with van der Waals surface area (Å²) in [5, 5.41) is 15.3. The van der Waals surface area contributed by atoms with Crippen molar-refractivity contribution in [1.29, 1.82) is 0 Å². The van der Waals surface area contributed by atoms with Crippen LogP contribution in [0.4, 0.5) is 11.4 Å². The van der Waals surface area contributed by atoms with E-state index < -0.39 is 0 Å². The summed E-state index contributed by atoms with van der Waals surface area (Å²) in [4.78, 5) is 15.3. The number of nitro groups is 1. The first-order chi connectivity index (χ1) is 10.1. The largest absolute Gasteiger partial charge is 0.381 e. The number of aromatic nitrogens is 1. The van der Waals surface area contributed by atoms with Crippen LogP contribution in [0.25, 0.3) is 10.2 Å². The number of ether oxygens (including phenoxy) is 1. The fourth-order valence-corrected chi connectivity index (χ4v) is 3.43. The monoisotopic (exact) mass is 307 g/mol. The third-order valence-corrected chi connectivity index (χ3v) is 4.64. The van der Waals surface area contributed by atoms with Crippen LogP contribution in [0.15, 0.2) is 12.1 Å². The molecule has 1 unspecified atom stereocenters. The Hall–Kier alpha value is -1.73. The molecule has 1 atom stereocenters. The van der Waals surface area contributed by atoms with Crippen LogP contribution in [0, 0.1) is 23.0 Å². The molecule has 3 rings (SSSR count). The van der Waals surface area contributed by atoms with E-state index in [1.807, 2.05) is 6.92 Å². The Labute approximate surface area is 126 Å². The van der Waals surface area contributed by atoms with Gasteiger partial charge >= 0.3 is 0 Å². The molecule has 2 heterocycles. The number of fused-ring (bicyclic) bond motifs is 1. The highest BCUT2D eigenvalue weighted by Gasteiger charge is 2.19. The lowest BCUT2D eigenvalue weighted by Crippen LogP contribution is -2.10. The van der Waals surface area contributed by atoms with E-state index in [0.29, 0.717) is 18.2 Å². The van der Waals surface area contributed by atoms with E-state index in [2.05, 4.69) is 10.3 Å². The molecule has 0 bridgehead atoms. The second-order valence-corrected chi connectivity index (χ2v) is 6.51. The Kier molecular flexibility index (Phi) is 4.03. The van der Waals surface area contributed by atoms with Crippen molar-refractivity contribution >= 4 is 32.9 Å². The molecule has 0 amide bonds. The number of benzene rings is 1. The van der Waals surface area contributed by atoms with E-state index in [1.165, 1.54) is 11.3 Å². The zero-order valence-electron chi connectivity index (χ0n) is 11.8. The maximum absolute atomic E-state index is 11.2. The standard InChI is InChI=1S/C14H17N3O3S/c1-9-16-12-6-11(13(17(18)19)7-14(12)21-9)15-4-2-10-3-5-20-8-10/h6-7,10,15H,2-5,8H2,1H3. The molecule has 0 aliphatic carbocycles. The van der Waals surface area contributed by atoms with Crippen molar-refractivity contribution in [3.8, 4) is 0 Å². The molecule has 112 valence electrons. The summed E-state index contributed by atoms with van der Waals surface area (Å²) < 4.78 is 6.19. The van der Waals surface area contributed by atoms with Gasteiger partial charge in [0.25, 0.3) is 5.69 Å². The summed E-state index contributed by atoms with van der Waals surface area (Å²) in [6.45, 7) is 4.25. The molecule has 1 aromatic carbocycles. The Morgan fingerprint density at radius 2 is 2.43 bits per heavy atom. The van der Waals surface area contributed by atoms with Gasteiger partial charge in [0, 0.05) is 25.8 Å². The van der Waals surface area contributed by atoms with Crippen molar-refractivity contribution in [2.24, 2.45) is 5.92 Å². The number of rotatable bonds is 5. The molecule has 0 saturated carbocycles. The van der Waals surface area contributed by atoms with E-state index in [0.717, 1.165) is 41.3 Å². The van der Waals surface area contributed by atoms with Gasteiger partial charge in [-0.1, -0.05) is 0 Å². The summed E-state index contributed by atoms with van der Waals surface area (Å²) in [5.41, 5.74) is 1.49. The maximum atomic E-state index is 11.2. The first-order valence-electron chi connectivity index (χ1n) is 7.00. The molecule has 1 fully saturated rings. The number of hydrogen-bond acceptors (Lipinski definition) is 6. The van der Waals surface area contributed by atoms with Gasteiger partial charge in [0.1, 0.15) is 5.69 Å². The summed E-state index contributed by atoms with van der Waals surface area (Å²) in [7, 11) is 0. The Morgan fingerprint density at radius 1 is 1.57 bits per heavy atom. The fraction of sp³-hybridized carbons (Fsp3) is 0.500. The molecular weight excluding hydrogens is 290 g/mol. The van der Waals surface area contributed by atoms with Gasteiger partial charge in [-0.3, -0.25) is 10.1 Å². The van der Waals surface area contributed by atoms with E-state index >= 15 is 0 Å². The van der Waals surface area contributed by atoms with Crippen LogP contribution in [-0.4, -0.2) is 29.7 Å². The number of anilines is 1. The van der Waals surface area contributed by atoms with Gasteiger partial charge in [-0.15, -0.1) is 11.3 Å². The van der Waals surface area contributed by atoms with Crippen molar-refractivity contribution in [3.05, 3.63) is 27.3 Å². The van der Waals surface area contributed by atoms with Gasteiger partial charge in [0.2, 0.25) is 0 Å². The number of nitro benzene ring substituents is 1. The van der Waals surface area contributed by atoms with Crippen LogP contribution in [0.3, 0.4) is 0 Å². The van der Waals surface area contributed by atoms with Crippen LogP contribution in [-0.2, 0) is 4.74 Å². The van der Waals surface area contributed by atoms with Crippen molar-refractivity contribution in [1.82, 2.24) is 4.98 Å². The van der Waals surface area contributed by atoms with E-state index in [-0.39, 0.29) is 10.6 Å². The molecule has 0 spiro atoms. The number of aryl methyl sites for hydroxylation is 1. The first-order valence-corrected chi connectivity index (χ1v) is 7.82. The Bertz CT molecular complexity index is 665. The molecule has 21 heavy (non-hydrogen) atoms. The molecule has 1 aliphatic heterocycles. The van der Waals surface area contributed by atoms with Crippen LogP contribution in [0.5, 0.6) is 0 Å². The molecule has 0 radical (unpaired) electrons. The van der Waals surface area contributed by atoms with Crippen molar-refractivity contribution in [2.75, 3.05) is 25.1 Å². The molecule has 1 N–H and O–H groups in total. The van der Waals surface area contributed by atoms with E-state index in [1.54, 1.807) is 12.1 Å². The lowest BCUT2D eigenvalue weighted by Gasteiger charge is -2.10. The third-order valence-electron chi connectivity index (χ3n) is 3.70. The molecule has 6 nitrogen and oxygen atoms in total. The van der Waals surface area contributed by atoms with Gasteiger partial charge in [-0.2, -0.15) is 0 Å². The predicted octanol–water partition coefficient (Wildman–Crippen LogP) is 3.35. The van der Waals surface area contributed by atoms with Crippen LogP contribution in [0.2, 0.25) is 0 Å². The summed E-state index contributed by atoms with van der Waals surface area (Å²) in [6, 6.07) is 3.39. The van der Waals surface area contributed by atoms with Crippen molar-refractivity contribution < 1.29 is 9.66 Å². The molecule has 1 aliphatic rings. The average Bonchev–Trinajstić information content (AvgIpc) is 3.05. The van der Waals surface area contributed by atoms with Crippen molar-refractivity contribution in [2.45, 2.75) is 19.8 Å². The molecule has 1 aromatic heterocycles. The lowest BCUT2D eigenvalue weighted by molar-refractivity contribution is -0.383. The van der Waals surface area contributed by atoms with Gasteiger partial charge < -0.3 is 10.1 Å². The SMILES string of the molecule is Cc1nc2cc(NCCC3CCOC3)c([N+](=O)[O-])cc2s1. The number of nitrogens with one attached hydrogen (secondary N) is 1. The van der Waals surface area contributed by atoms with Crippen LogP contribution < -0.4 is 5.32 Å². The van der Waals surface area contributed by atoms with Gasteiger partial charge in [0.05, 0.1) is 20.1 Å². The molecule has 2 aromatic rings. The zero-order valence-corrected chi connectivity index (χ0v) is 12.6. The predicted molar refractivity (Wildman–Crippen MR) is 83.0 cm³/mol. The highest BCUT2D eigenvalue weighted by Crippen LogP contribution is 2.33.